The Hall–Kier alpha value is -3.81. The summed E-state index contributed by atoms with van der Waals surface area (Å²) in [6.45, 7) is 1.96. The third-order valence-electron chi connectivity index (χ3n) is 4.47. The second kappa shape index (κ2) is 8.47. The van der Waals surface area contributed by atoms with Crippen LogP contribution in [0.1, 0.15) is 29.3 Å². The van der Waals surface area contributed by atoms with Crippen molar-refractivity contribution >= 4 is 28.4 Å². The number of hydrogen-bond donors (Lipinski definition) is 5. The van der Waals surface area contributed by atoms with Gasteiger partial charge in [0.15, 0.2) is 11.5 Å². The fraction of sp³-hybridized carbons (Fsp3) is 0.190. The molecule has 8 heteroatoms. The smallest absolute Gasteiger partial charge is 0.261 e. The topological polar surface area (TPSA) is 132 Å². The molecule has 0 bridgehead atoms. The van der Waals surface area contributed by atoms with Gasteiger partial charge >= 0.3 is 0 Å². The number of H-pyrrole nitrogens is 1. The van der Waals surface area contributed by atoms with Gasteiger partial charge < -0.3 is 25.8 Å². The first kappa shape index (κ1) is 19.9. The van der Waals surface area contributed by atoms with Crippen LogP contribution >= 0.6 is 0 Å². The normalized spacial score (nSPS) is 10.7. The number of anilines is 1. The Morgan fingerprint density at radius 1 is 1.07 bits per heavy atom. The number of rotatable bonds is 6. The number of nitrogens with one attached hydrogen (secondary N) is 3. The van der Waals surface area contributed by atoms with E-state index in [0.29, 0.717) is 29.4 Å². The van der Waals surface area contributed by atoms with Crippen molar-refractivity contribution in [2.45, 2.75) is 19.8 Å². The number of aromatic hydroxyl groups is 2. The summed E-state index contributed by atoms with van der Waals surface area (Å²) in [6.07, 6.45) is 0.711. The van der Waals surface area contributed by atoms with Gasteiger partial charge in [-0.3, -0.25) is 14.4 Å². The van der Waals surface area contributed by atoms with Crippen molar-refractivity contribution in [3.8, 4) is 11.5 Å². The molecule has 0 fully saturated rings. The van der Waals surface area contributed by atoms with Crippen molar-refractivity contribution in [2.75, 3.05) is 11.9 Å². The summed E-state index contributed by atoms with van der Waals surface area (Å²) >= 11 is 0. The molecule has 2 aromatic carbocycles. The molecule has 0 aliphatic heterocycles. The van der Waals surface area contributed by atoms with Gasteiger partial charge in [0, 0.05) is 18.4 Å². The lowest BCUT2D eigenvalue weighted by atomic mass is 10.1. The summed E-state index contributed by atoms with van der Waals surface area (Å²) in [7, 11) is 0. The number of amides is 2. The van der Waals surface area contributed by atoms with Gasteiger partial charge in [-0.15, -0.1) is 0 Å². The van der Waals surface area contributed by atoms with Gasteiger partial charge in [-0.1, -0.05) is 19.1 Å². The molecule has 0 saturated carbocycles. The minimum absolute atomic E-state index is 0.0655. The number of pyridine rings is 1. The number of phenols is 2. The molecule has 3 aromatic rings. The summed E-state index contributed by atoms with van der Waals surface area (Å²) in [4.78, 5) is 39.2. The van der Waals surface area contributed by atoms with E-state index in [1.54, 1.807) is 31.2 Å². The van der Waals surface area contributed by atoms with E-state index in [2.05, 4.69) is 15.6 Å². The quantitative estimate of drug-likeness (QED) is 0.409. The summed E-state index contributed by atoms with van der Waals surface area (Å²) in [5.74, 6) is -1.17. The fourth-order valence-electron chi connectivity index (χ4n) is 2.89. The maximum absolute atomic E-state index is 12.5. The SMILES string of the molecule is CCC(=O)Nc1cccc2[nH]c(=O)c(C(=O)NCCc3ccc(O)c(O)c3)cc12. The molecule has 150 valence electrons. The van der Waals surface area contributed by atoms with E-state index in [-0.39, 0.29) is 29.5 Å². The Kier molecular flexibility index (Phi) is 5.82. The minimum atomic E-state index is -0.548. The molecule has 0 saturated heterocycles. The van der Waals surface area contributed by atoms with Crippen LogP contribution in [-0.4, -0.2) is 33.6 Å². The van der Waals surface area contributed by atoms with Crippen LogP contribution in [0.4, 0.5) is 5.69 Å². The maximum Gasteiger partial charge on any atom is 0.261 e. The van der Waals surface area contributed by atoms with Gasteiger partial charge in [0.2, 0.25) is 5.91 Å². The number of phenolic OH excluding ortho intramolecular Hbond substituents is 2. The number of carbonyl (C=O) groups is 2. The average Bonchev–Trinajstić information content (AvgIpc) is 2.70. The van der Waals surface area contributed by atoms with Crippen molar-refractivity contribution < 1.29 is 19.8 Å². The summed E-state index contributed by atoms with van der Waals surface area (Å²) < 4.78 is 0. The monoisotopic (exact) mass is 395 g/mol. The third kappa shape index (κ3) is 4.55. The molecule has 1 heterocycles. The average molecular weight is 395 g/mol. The van der Waals surface area contributed by atoms with Crippen LogP contribution in [0, 0.1) is 0 Å². The number of fused-ring (bicyclic) bond motifs is 1. The summed E-state index contributed by atoms with van der Waals surface area (Å²) in [5, 5.41) is 24.8. The molecule has 1 aromatic heterocycles. The Balaban J connectivity index is 1.78. The highest BCUT2D eigenvalue weighted by Gasteiger charge is 2.14. The zero-order chi connectivity index (χ0) is 21.0. The lowest BCUT2D eigenvalue weighted by Crippen LogP contribution is -2.31. The van der Waals surface area contributed by atoms with E-state index in [9.17, 15) is 24.6 Å². The number of aromatic nitrogens is 1. The lowest BCUT2D eigenvalue weighted by Gasteiger charge is -2.10. The molecule has 0 atom stereocenters. The molecule has 0 spiro atoms. The van der Waals surface area contributed by atoms with Gasteiger partial charge in [-0.2, -0.15) is 0 Å². The minimum Gasteiger partial charge on any atom is -0.504 e. The Labute approximate surface area is 166 Å². The van der Waals surface area contributed by atoms with Crippen LogP contribution in [0.3, 0.4) is 0 Å². The second-order valence-electron chi connectivity index (χ2n) is 6.51. The predicted octanol–water partition coefficient (Wildman–Crippen LogP) is 2.26. The van der Waals surface area contributed by atoms with Gasteiger partial charge in [0.1, 0.15) is 5.56 Å². The van der Waals surface area contributed by atoms with E-state index in [0.717, 1.165) is 5.56 Å². The summed E-state index contributed by atoms with van der Waals surface area (Å²) in [6, 6.07) is 11.0. The van der Waals surface area contributed by atoms with E-state index in [1.807, 2.05) is 0 Å². The van der Waals surface area contributed by atoms with E-state index in [1.165, 1.54) is 18.2 Å². The number of benzene rings is 2. The fourth-order valence-corrected chi connectivity index (χ4v) is 2.89. The molecule has 0 unspecified atom stereocenters. The highest BCUT2D eigenvalue weighted by molar-refractivity contribution is 6.04. The summed E-state index contributed by atoms with van der Waals surface area (Å²) in [5.41, 5.74) is 1.15. The van der Waals surface area contributed by atoms with Crippen molar-refractivity contribution in [3.63, 3.8) is 0 Å². The first-order chi connectivity index (χ1) is 13.9. The predicted molar refractivity (Wildman–Crippen MR) is 109 cm³/mol. The second-order valence-corrected chi connectivity index (χ2v) is 6.51. The lowest BCUT2D eigenvalue weighted by molar-refractivity contribution is -0.115. The third-order valence-corrected chi connectivity index (χ3v) is 4.47. The zero-order valence-corrected chi connectivity index (χ0v) is 15.8. The molecule has 3 rings (SSSR count). The highest BCUT2D eigenvalue weighted by Crippen LogP contribution is 2.25. The molecular formula is C21H21N3O5. The number of aromatic amines is 1. The van der Waals surface area contributed by atoms with E-state index >= 15 is 0 Å². The van der Waals surface area contributed by atoms with Crippen molar-refractivity contribution in [1.29, 1.82) is 0 Å². The Bertz CT molecular complexity index is 1140. The molecule has 8 nitrogen and oxygen atoms in total. The first-order valence-corrected chi connectivity index (χ1v) is 9.14. The first-order valence-electron chi connectivity index (χ1n) is 9.14. The van der Waals surface area contributed by atoms with E-state index < -0.39 is 11.5 Å². The van der Waals surface area contributed by atoms with Crippen LogP contribution in [0.5, 0.6) is 11.5 Å². The molecular weight excluding hydrogens is 374 g/mol. The van der Waals surface area contributed by atoms with Gasteiger partial charge in [0.25, 0.3) is 11.5 Å². The maximum atomic E-state index is 12.5. The largest absolute Gasteiger partial charge is 0.504 e. The van der Waals surface area contributed by atoms with Crippen LogP contribution in [-0.2, 0) is 11.2 Å². The Morgan fingerprint density at radius 2 is 1.86 bits per heavy atom. The van der Waals surface area contributed by atoms with Crippen molar-refractivity contribution in [3.05, 3.63) is 63.9 Å². The van der Waals surface area contributed by atoms with Gasteiger partial charge in [-0.05, 0) is 42.3 Å². The number of carbonyl (C=O) groups excluding carboxylic acids is 2. The standard InChI is InChI=1S/C21H21N3O5/c1-2-19(27)23-15-4-3-5-16-13(15)11-14(21(29)24-16)20(28)22-9-8-12-6-7-17(25)18(26)10-12/h3-7,10-11,25-26H,2,8-9H2,1H3,(H,22,28)(H,23,27)(H,24,29). The molecule has 0 aliphatic rings. The highest BCUT2D eigenvalue weighted by atomic mass is 16.3. The van der Waals surface area contributed by atoms with Crippen molar-refractivity contribution in [1.82, 2.24) is 10.3 Å². The molecule has 2 amide bonds. The molecule has 0 aliphatic carbocycles. The van der Waals surface area contributed by atoms with E-state index in [4.69, 9.17) is 0 Å². The van der Waals surface area contributed by atoms with Crippen molar-refractivity contribution in [2.24, 2.45) is 0 Å². The van der Waals surface area contributed by atoms with Gasteiger partial charge in [0.05, 0.1) is 11.2 Å². The van der Waals surface area contributed by atoms with Crippen LogP contribution in [0.25, 0.3) is 10.9 Å². The zero-order valence-electron chi connectivity index (χ0n) is 15.8. The molecule has 29 heavy (non-hydrogen) atoms. The van der Waals surface area contributed by atoms with Crippen LogP contribution in [0.2, 0.25) is 0 Å². The van der Waals surface area contributed by atoms with Crippen LogP contribution < -0.4 is 16.2 Å². The molecule has 5 N–H and O–H groups in total. The Morgan fingerprint density at radius 3 is 2.59 bits per heavy atom. The number of hydrogen-bond acceptors (Lipinski definition) is 5. The molecule has 0 radical (unpaired) electrons. The van der Waals surface area contributed by atoms with Crippen LogP contribution in [0.15, 0.2) is 47.3 Å². The van der Waals surface area contributed by atoms with Gasteiger partial charge in [-0.25, -0.2) is 0 Å².